The Labute approximate surface area is 360 Å². The van der Waals surface area contributed by atoms with E-state index in [1.165, 1.54) is 19.6 Å². The molecule has 62 heavy (non-hydrogen) atoms. The first-order chi connectivity index (χ1) is 28.7. The number of hydrogen-bond donors (Lipinski definition) is 4. The second kappa shape index (κ2) is 19.2. The molecule has 28 heteroatoms. The lowest BCUT2D eigenvalue weighted by Gasteiger charge is -2.34. The molecule has 0 aromatic carbocycles. The first-order valence-corrected chi connectivity index (χ1v) is 22.8. The van der Waals surface area contributed by atoms with Gasteiger partial charge in [0.1, 0.15) is 35.5 Å². The number of likely N-dealkylation sites (tertiary alicyclic amines) is 2. The van der Waals surface area contributed by atoms with Crippen LogP contribution >= 0.6 is 0 Å². The number of rotatable bonds is 10. The minimum absolute atomic E-state index is 0. The number of carbonyl (C=O) groups is 6. The van der Waals surface area contributed by atoms with Gasteiger partial charge >= 0.3 is 45.0 Å². The molecule has 4 N–H and O–H groups in total. The highest BCUT2D eigenvalue weighted by Crippen LogP contribution is 2.32. The summed E-state index contributed by atoms with van der Waals surface area (Å²) in [6, 6.07) is -4.56. The monoisotopic (exact) mass is 930 g/mol. The van der Waals surface area contributed by atoms with Gasteiger partial charge in [0.25, 0.3) is 11.8 Å². The summed E-state index contributed by atoms with van der Waals surface area (Å²) in [5, 5.41) is 1.15. The smallest absolute Gasteiger partial charge is 0.418 e. The van der Waals surface area contributed by atoms with Crippen molar-refractivity contribution in [3.8, 4) is 0 Å². The summed E-state index contributed by atoms with van der Waals surface area (Å²) in [6.45, 7) is 12.4. The van der Waals surface area contributed by atoms with Gasteiger partial charge in [0.15, 0.2) is 0 Å². The molecule has 26 nitrogen and oxygen atoms in total. The first-order valence-electron chi connectivity index (χ1n) is 20.1. The number of fused-ring (bicyclic) bond motifs is 4. The largest absolute Gasteiger partial charge is 0.444 e. The topological polar surface area (TPSA) is 310 Å². The molecule has 6 aliphatic heterocycles. The van der Waals surface area contributed by atoms with Crippen molar-refractivity contribution >= 4 is 56.9 Å². The van der Waals surface area contributed by atoms with Gasteiger partial charge in [-0.15, -0.1) is 8.57 Å². The summed E-state index contributed by atoms with van der Waals surface area (Å²) >= 11 is 0. The minimum Gasteiger partial charge on any atom is -0.444 e. The van der Waals surface area contributed by atoms with Crippen LogP contribution in [0.25, 0.3) is 0 Å². The van der Waals surface area contributed by atoms with Crippen LogP contribution in [0, 0.1) is 0 Å². The van der Waals surface area contributed by atoms with E-state index in [4.69, 9.17) is 28.3 Å². The summed E-state index contributed by atoms with van der Waals surface area (Å²) in [4.78, 5) is 90.8. The fourth-order valence-corrected chi connectivity index (χ4v) is 8.46. The summed E-state index contributed by atoms with van der Waals surface area (Å²) < 4.78 is 80.9. The van der Waals surface area contributed by atoms with Crippen LogP contribution in [0.15, 0.2) is 0 Å². The van der Waals surface area contributed by atoms with Gasteiger partial charge in [-0.05, 0) is 92.9 Å². The first kappa shape index (κ1) is 48.7. The third-order valence-electron chi connectivity index (χ3n) is 10.3. The molecule has 0 unspecified atom stereocenters. The molecule has 0 aliphatic carbocycles. The average molecular weight is 931 g/mol. The van der Waals surface area contributed by atoms with Crippen molar-refractivity contribution in [3.63, 3.8) is 0 Å². The highest BCUT2D eigenvalue weighted by Gasteiger charge is 2.51. The van der Waals surface area contributed by atoms with Crippen molar-refractivity contribution in [2.45, 2.75) is 140 Å². The zero-order valence-electron chi connectivity index (χ0n) is 35.3. The Hall–Kier alpha value is -4.32. The molecule has 6 atom stereocenters. The Morgan fingerprint density at radius 3 is 1.27 bits per heavy atom. The maximum atomic E-state index is 12.6. The van der Waals surface area contributed by atoms with E-state index in [9.17, 15) is 45.6 Å². The molecule has 0 radical (unpaired) electrons. The van der Waals surface area contributed by atoms with Gasteiger partial charge < -0.3 is 29.1 Å². The average Bonchev–Trinajstić information content (AvgIpc) is 3.53. The van der Waals surface area contributed by atoms with Gasteiger partial charge in [0.2, 0.25) is 0 Å². The van der Waals surface area contributed by atoms with E-state index in [1.807, 2.05) is 0 Å². The van der Waals surface area contributed by atoms with Crippen LogP contribution in [0.2, 0.25) is 0 Å². The molecule has 6 fully saturated rings. The number of piperidine rings is 4. The van der Waals surface area contributed by atoms with Gasteiger partial charge in [-0.2, -0.15) is 27.0 Å². The van der Waals surface area contributed by atoms with Crippen LogP contribution in [-0.2, 0) is 58.1 Å². The van der Waals surface area contributed by atoms with Crippen molar-refractivity contribution in [2.24, 2.45) is 0 Å². The number of urea groups is 2. The van der Waals surface area contributed by atoms with Gasteiger partial charge in [-0.3, -0.25) is 28.4 Å². The van der Waals surface area contributed by atoms with E-state index in [0.717, 1.165) is 0 Å². The second-order valence-corrected chi connectivity index (χ2v) is 19.6. The van der Waals surface area contributed by atoms with Crippen molar-refractivity contribution in [3.05, 3.63) is 0 Å². The number of ether oxygens (including phenoxy) is 2. The Morgan fingerprint density at radius 1 is 0.597 bits per heavy atom. The molecule has 0 spiro atoms. The molecule has 354 valence electrons. The lowest BCUT2D eigenvalue weighted by molar-refractivity contribution is -0.146. The maximum absolute atomic E-state index is 12.6. The van der Waals surface area contributed by atoms with E-state index in [0.29, 0.717) is 61.7 Å². The second-order valence-electron chi connectivity index (χ2n) is 17.6. The number of nitrogens with one attached hydrogen (secondary N) is 2. The molecule has 8 amide bonds. The lowest BCUT2D eigenvalue weighted by atomic mass is 10.0. The van der Waals surface area contributed by atoms with Gasteiger partial charge in [0.05, 0.1) is 25.2 Å². The fourth-order valence-electron chi connectivity index (χ4n) is 7.68. The Kier molecular flexibility index (Phi) is 15.1. The zero-order valence-corrected chi connectivity index (χ0v) is 36.9. The van der Waals surface area contributed by atoms with E-state index in [2.05, 4.69) is 19.5 Å². The van der Waals surface area contributed by atoms with Gasteiger partial charge in [-0.1, -0.05) is 0 Å². The number of nitrogens with zero attached hydrogens (tertiary/aromatic N) is 6. The number of hydrogen-bond acceptors (Lipinski definition) is 16. The Bertz CT molecular complexity index is 1800. The Balaban J connectivity index is 0.000000272. The summed E-state index contributed by atoms with van der Waals surface area (Å²) in [5.41, 5.74) is 3.48. The highest BCUT2D eigenvalue weighted by atomic mass is 32.3. The normalized spacial score (nSPS) is 26.8. The van der Waals surface area contributed by atoms with E-state index in [1.54, 1.807) is 41.5 Å². The predicted molar refractivity (Wildman–Crippen MR) is 209 cm³/mol. The predicted octanol–water partition coefficient (Wildman–Crippen LogP) is 1.12. The zero-order chi connectivity index (χ0) is 45.9. The van der Waals surface area contributed by atoms with Crippen LogP contribution in [0.3, 0.4) is 0 Å². The van der Waals surface area contributed by atoms with Crippen molar-refractivity contribution in [1.29, 1.82) is 0 Å². The SMILES string of the molecule is CC(C)(C)OC(=O)N1CCC[C@H](ONC(=O)[C@@H]2CC[C@@H]3CN2C(=O)N3OS(=O)(=O)O)C1.CC(C)(C)OC(=O)N1CCC[C@H](ONC(=O)[C@@H]2CC[C@@H]3CN2C(=O)N3OS(=O)(=O)O)C1.[HH]. The van der Waals surface area contributed by atoms with Crippen LogP contribution in [-0.4, -0.2) is 179 Å². The lowest BCUT2D eigenvalue weighted by Crippen LogP contribution is -2.52. The van der Waals surface area contributed by atoms with Gasteiger partial charge in [0, 0.05) is 27.6 Å². The molecule has 0 aromatic heterocycles. The molecule has 6 heterocycles. The summed E-state index contributed by atoms with van der Waals surface area (Å²) in [7, 11) is -9.71. The number of hydroxylamine groups is 6. The van der Waals surface area contributed by atoms with Crippen LogP contribution in [0.4, 0.5) is 19.2 Å². The van der Waals surface area contributed by atoms with Crippen molar-refractivity contribution < 1.29 is 83.9 Å². The fraction of sp³-hybridized carbons (Fsp3) is 0.824. The number of carbonyl (C=O) groups excluding carboxylic acids is 6. The van der Waals surface area contributed by atoms with E-state index < -0.39 is 104 Å². The van der Waals surface area contributed by atoms with E-state index >= 15 is 0 Å². The number of amides is 8. The minimum atomic E-state index is -4.85. The molecule has 0 aromatic rings. The Morgan fingerprint density at radius 2 is 0.952 bits per heavy atom. The highest BCUT2D eigenvalue weighted by molar-refractivity contribution is 7.81. The molecular formula is C34H58N8O18S2. The van der Waals surface area contributed by atoms with Crippen LogP contribution in [0.1, 0.15) is 94.3 Å². The molecule has 0 saturated carbocycles. The van der Waals surface area contributed by atoms with Crippen LogP contribution in [0.5, 0.6) is 0 Å². The summed E-state index contributed by atoms with van der Waals surface area (Å²) in [5.74, 6) is -1.12. The third kappa shape index (κ3) is 13.3. The van der Waals surface area contributed by atoms with Crippen LogP contribution < -0.4 is 11.0 Å². The standard InChI is InChI=1S/2C17H28N4O9S.H2/c2*1-17(2,3)28-16(24)19-8-4-5-12(10-19)29-18-14(22)13-7-6-11-9-20(13)15(23)21(11)30-31(25,26)27;/h2*11-13H,4-10H2,1-3H3,(H,18,22)(H,25,26,27);1H/t2*11-,12+,13+;/m11./s1. The maximum Gasteiger partial charge on any atom is 0.418 e. The van der Waals surface area contributed by atoms with Gasteiger partial charge in [-0.25, -0.2) is 30.1 Å². The quantitative estimate of drug-likeness (QED) is 0.176. The summed E-state index contributed by atoms with van der Waals surface area (Å²) in [6.07, 6.45) is 2.00. The van der Waals surface area contributed by atoms with Crippen molar-refractivity contribution in [1.82, 2.24) is 40.7 Å². The third-order valence-corrected chi connectivity index (χ3v) is 11.0. The van der Waals surface area contributed by atoms with Crippen molar-refractivity contribution in [2.75, 3.05) is 39.3 Å². The van der Waals surface area contributed by atoms with E-state index in [-0.39, 0.29) is 40.4 Å². The molecular weight excluding hydrogens is 873 g/mol. The molecule has 6 rings (SSSR count). The molecule has 4 bridgehead atoms. The molecule has 6 saturated heterocycles. The molecule has 6 aliphatic rings.